The first-order valence-electron chi connectivity index (χ1n) is 7.16. The number of imidazole rings is 1. The van der Waals surface area contributed by atoms with E-state index in [4.69, 9.17) is 12.2 Å². The third-order valence-corrected chi connectivity index (χ3v) is 3.93. The van der Waals surface area contributed by atoms with Crippen LogP contribution < -0.4 is 5.69 Å². The summed E-state index contributed by atoms with van der Waals surface area (Å²) in [6, 6.07) is 7.58. The molecule has 1 aromatic carbocycles. The molecule has 2 heterocycles. The van der Waals surface area contributed by atoms with E-state index >= 15 is 0 Å². The highest BCUT2D eigenvalue weighted by molar-refractivity contribution is 7.71. The summed E-state index contributed by atoms with van der Waals surface area (Å²) in [6.45, 7) is 4.32. The minimum absolute atomic E-state index is 0.178. The average molecular weight is 330 g/mol. The second-order valence-corrected chi connectivity index (χ2v) is 5.45. The number of benzene rings is 1. The number of aromatic amines is 1. The van der Waals surface area contributed by atoms with Crippen LogP contribution in [0.2, 0.25) is 0 Å². The van der Waals surface area contributed by atoms with Crippen molar-refractivity contribution in [3.05, 3.63) is 63.3 Å². The molecule has 0 fully saturated rings. The van der Waals surface area contributed by atoms with Gasteiger partial charge in [-0.15, -0.1) is 0 Å². The van der Waals surface area contributed by atoms with Gasteiger partial charge in [-0.25, -0.2) is 14.2 Å². The van der Waals surface area contributed by atoms with Crippen LogP contribution in [0.5, 0.6) is 0 Å². The highest BCUT2D eigenvalue weighted by Crippen LogP contribution is 2.23. The Hall–Kier alpha value is -2.54. The monoisotopic (exact) mass is 330 g/mol. The summed E-state index contributed by atoms with van der Waals surface area (Å²) in [6.07, 6.45) is 1.59. The van der Waals surface area contributed by atoms with Crippen LogP contribution in [0, 0.1) is 17.5 Å². The van der Waals surface area contributed by atoms with Crippen molar-refractivity contribution >= 4 is 12.2 Å². The van der Waals surface area contributed by atoms with Gasteiger partial charge in [0.2, 0.25) is 0 Å². The lowest BCUT2D eigenvalue weighted by Gasteiger charge is -2.08. The molecule has 0 aliphatic heterocycles. The third-order valence-electron chi connectivity index (χ3n) is 3.72. The van der Waals surface area contributed by atoms with Crippen molar-refractivity contribution in [2.75, 3.05) is 0 Å². The van der Waals surface area contributed by atoms with Gasteiger partial charge in [0.15, 0.2) is 4.77 Å². The van der Waals surface area contributed by atoms with E-state index in [1.807, 2.05) is 13.8 Å². The lowest BCUT2D eigenvalue weighted by atomic mass is 10.2. The molecule has 0 bridgehead atoms. The van der Waals surface area contributed by atoms with Crippen molar-refractivity contribution in [2.45, 2.75) is 20.4 Å². The zero-order valence-electron chi connectivity index (χ0n) is 12.7. The van der Waals surface area contributed by atoms with E-state index in [1.165, 1.54) is 12.1 Å². The largest absolute Gasteiger partial charge is 0.333 e. The second kappa shape index (κ2) is 5.92. The second-order valence-electron chi connectivity index (χ2n) is 5.06. The van der Waals surface area contributed by atoms with Crippen LogP contribution >= 0.6 is 12.2 Å². The highest BCUT2D eigenvalue weighted by Gasteiger charge is 2.19. The lowest BCUT2D eigenvalue weighted by molar-refractivity contribution is 0.627. The van der Waals surface area contributed by atoms with E-state index in [0.717, 1.165) is 5.69 Å². The molecule has 3 aromatic rings. The van der Waals surface area contributed by atoms with Gasteiger partial charge >= 0.3 is 5.69 Å². The van der Waals surface area contributed by atoms with E-state index in [0.29, 0.717) is 28.4 Å². The molecule has 7 heteroatoms. The molecule has 0 aliphatic rings. The maximum atomic E-state index is 13.2. The van der Waals surface area contributed by atoms with Gasteiger partial charge in [-0.1, -0.05) is 0 Å². The van der Waals surface area contributed by atoms with Crippen molar-refractivity contribution in [1.29, 1.82) is 0 Å². The number of hydrogen-bond acceptors (Lipinski definition) is 3. The van der Waals surface area contributed by atoms with E-state index in [9.17, 15) is 9.18 Å². The molecular weight excluding hydrogens is 315 g/mol. The molecule has 118 valence electrons. The highest BCUT2D eigenvalue weighted by atomic mass is 32.1. The standard InChI is InChI=1S/C16H15FN4OS/c1-3-20-10(2)14(13-8-9-18-15(23)19-13)21(16(20)22)12-6-4-11(17)5-7-12/h4-9H,3H2,1-2H3,(H,18,19,23). The molecule has 0 atom stereocenters. The van der Waals surface area contributed by atoms with Crippen LogP contribution in [0.3, 0.4) is 0 Å². The molecule has 0 spiro atoms. The van der Waals surface area contributed by atoms with E-state index in [2.05, 4.69) is 9.97 Å². The molecule has 0 aliphatic carbocycles. The molecule has 0 unspecified atom stereocenters. The molecule has 0 radical (unpaired) electrons. The Morgan fingerprint density at radius 3 is 2.57 bits per heavy atom. The lowest BCUT2D eigenvalue weighted by Crippen LogP contribution is -2.23. The Labute approximate surface area is 137 Å². The van der Waals surface area contributed by atoms with Crippen LogP contribution in [-0.2, 0) is 6.54 Å². The molecule has 1 N–H and O–H groups in total. The Kier molecular flexibility index (Phi) is 3.96. The summed E-state index contributed by atoms with van der Waals surface area (Å²) in [5.41, 5.74) is 2.60. The molecule has 2 aromatic heterocycles. The van der Waals surface area contributed by atoms with Gasteiger partial charge in [0.1, 0.15) is 5.82 Å². The summed E-state index contributed by atoms with van der Waals surface area (Å²) in [7, 11) is 0. The predicted octanol–water partition coefficient (Wildman–Crippen LogP) is 3.23. The van der Waals surface area contributed by atoms with Crippen molar-refractivity contribution in [2.24, 2.45) is 0 Å². The Morgan fingerprint density at radius 1 is 1.26 bits per heavy atom. The van der Waals surface area contributed by atoms with Gasteiger partial charge in [0, 0.05) is 18.4 Å². The normalized spacial score (nSPS) is 10.9. The Morgan fingerprint density at radius 2 is 1.96 bits per heavy atom. The van der Waals surface area contributed by atoms with Gasteiger partial charge < -0.3 is 4.98 Å². The number of rotatable bonds is 3. The smallest absolute Gasteiger partial charge is 0.329 e. The maximum Gasteiger partial charge on any atom is 0.333 e. The van der Waals surface area contributed by atoms with Crippen molar-refractivity contribution < 1.29 is 4.39 Å². The zero-order valence-corrected chi connectivity index (χ0v) is 13.5. The van der Waals surface area contributed by atoms with Gasteiger partial charge in [-0.2, -0.15) is 0 Å². The molecule has 23 heavy (non-hydrogen) atoms. The molecule has 3 rings (SSSR count). The molecule has 0 amide bonds. The number of H-pyrrole nitrogens is 1. The fourth-order valence-corrected chi connectivity index (χ4v) is 2.84. The van der Waals surface area contributed by atoms with E-state index in [1.54, 1.807) is 33.5 Å². The number of aromatic nitrogens is 4. The Bertz CT molecular complexity index is 969. The molecule has 5 nitrogen and oxygen atoms in total. The van der Waals surface area contributed by atoms with Crippen LogP contribution in [0.25, 0.3) is 17.1 Å². The van der Waals surface area contributed by atoms with Crippen LogP contribution in [0.4, 0.5) is 4.39 Å². The van der Waals surface area contributed by atoms with Gasteiger partial charge in [-0.05, 0) is 56.4 Å². The Balaban J connectivity index is 2.36. The summed E-state index contributed by atoms with van der Waals surface area (Å²) < 4.78 is 16.8. The van der Waals surface area contributed by atoms with Crippen LogP contribution in [-0.4, -0.2) is 19.1 Å². The van der Waals surface area contributed by atoms with Gasteiger partial charge in [-0.3, -0.25) is 9.13 Å². The van der Waals surface area contributed by atoms with Gasteiger partial charge in [0.05, 0.1) is 17.1 Å². The fraction of sp³-hybridized carbons (Fsp3) is 0.188. The summed E-state index contributed by atoms with van der Waals surface area (Å²) in [5.74, 6) is -0.349. The minimum atomic E-state index is -0.349. The first-order valence-corrected chi connectivity index (χ1v) is 7.57. The average Bonchev–Trinajstić information content (AvgIpc) is 2.78. The topological polar surface area (TPSA) is 55.6 Å². The summed E-state index contributed by atoms with van der Waals surface area (Å²) in [5, 5.41) is 0. The third kappa shape index (κ3) is 2.63. The molecular formula is C16H15FN4OS. The molecule has 0 saturated carbocycles. The zero-order chi connectivity index (χ0) is 16.6. The first-order chi connectivity index (χ1) is 11.0. The van der Waals surface area contributed by atoms with Crippen molar-refractivity contribution in [3.63, 3.8) is 0 Å². The van der Waals surface area contributed by atoms with E-state index in [-0.39, 0.29) is 11.5 Å². The van der Waals surface area contributed by atoms with Crippen LogP contribution in [0.1, 0.15) is 12.6 Å². The summed E-state index contributed by atoms with van der Waals surface area (Å²) in [4.78, 5) is 19.7. The number of halogens is 1. The maximum absolute atomic E-state index is 13.2. The quantitative estimate of drug-likeness (QED) is 0.750. The first kappa shape index (κ1) is 15.4. The fourth-order valence-electron chi connectivity index (χ4n) is 2.67. The van der Waals surface area contributed by atoms with Crippen molar-refractivity contribution in [3.8, 4) is 17.1 Å². The van der Waals surface area contributed by atoms with E-state index < -0.39 is 0 Å². The molecule has 0 saturated heterocycles. The number of nitrogens with one attached hydrogen (secondary N) is 1. The predicted molar refractivity (Wildman–Crippen MR) is 88.8 cm³/mol. The SMILES string of the molecule is CCn1c(C)c(-c2ccnc(=S)[nH]2)n(-c2ccc(F)cc2)c1=O. The summed E-state index contributed by atoms with van der Waals surface area (Å²) >= 11 is 5.08. The minimum Gasteiger partial charge on any atom is -0.329 e. The van der Waals surface area contributed by atoms with Crippen molar-refractivity contribution in [1.82, 2.24) is 19.1 Å². The number of hydrogen-bond donors (Lipinski definition) is 1. The van der Waals surface area contributed by atoms with Gasteiger partial charge in [0.25, 0.3) is 0 Å². The van der Waals surface area contributed by atoms with Crippen LogP contribution in [0.15, 0.2) is 41.3 Å². The number of nitrogens with zero attached hydrogens (tertiary/aromatic N) is 3.